The van der Waals surface area contributed by atoms with Gasteiger partial charge in [-0.15, -0.1) is 0 Å². The van der Waals surface area contributed by atoms with Gasteiger partial charge in [0.05, 0.1) is 23.7 Å². The Morgan fingerprint density at radius 3 is 2.50 bits per heavy atom. The monoisotopic (exact) mass is 430 g/mol. The van der Waals surface area contributed by atoms with Gasteiger partial charge in [-0.05, 0) is 23.3 Å². The highest BCUT2D eigenvalue weighted by Gasteiger charge is 2.16. The largest absolute Gasteiger partial charge is 0.481 e. The standard InChI is InChI=1S/C24H22N4O4/c25-12-21-19(17-5-2-1-3-6-17)7-4-8-20(21)24(32)28-22-10-9-16(14-27-22)13-26-15-18(29)11-23(30)31/h1-10,14,18,26,29H,11,13,15H2,(H,30,31)(H,27,28,32)/t18-/m0/s1. The predicted molar refractivity (Wildman–Crippen MR) is 119 cm³/mol. The maximum atomic E-state index is 12.8. The van der Waals surface area contributed by atoms with Crippen molar-refractivity contribution >= 4 is 17.7 Å². The molecule has 4 N–H and O–H groups in total. The minimum Gasteiger partial charge on any atom is -0.481 e. The molecule has 3 aromatic rings. The van der Waals surface area contributed by atoms with Gasteiger partial charge in [-0.1, -0.05) is 48.5 Å². The van der Waals surface area contributed by atoms with E-state index in [2.05, 4.69) is 21.7 Å². The summed E-state index contributed by atoms with van der Waals surface area (Å²) in [6.45, 7) is 0.523. The van der Waals surface area contributed by atoms with Crippen molar-refractivity contribution in [3.8, 4) is 17.2 Å². The summed E-state index contributed by atoms with van der Waals surface area (Å²) in [5, 5.41) is 33.5. The number of nitriles is 1. The van der Waals surface area contributed by atoms with Crippen molar-refractivity contribution in [3.63, 3.8) is 0 Å². The fourth-order valence-electron chi connectivity index (χ4n) is 3.16. The molecule has 2 aromatic carbocycles. The highest BCUT2D eigenvalue weighted by molar-refractivity contribution is 6.06. The van der Waals surface area contributed by atoms with E-state index in [1.54, 1.807) is 36.5 Å². The highest BCUT2D eigenvalue weighted by Crippen LogP contribution is 2.26. The SMILES string of the molecule is N#Cc1c(C(=O)Nc2ccc(CNC[C@@H](O)CC(=O)O)cn2)cccc1-c1ccccc1. The Balaban J connectivity index is 1.65. The van der Waals surface area contributed by atoms with Crippen LogP contribution < -0.4 is 10.6 Å². The summed E-state index contributed by atoms with van der Waals surface area (Å²) in [6.07, 6.45) is 0.268. The maximum Gasteiger partial charge on any atom is 0.306 e. The molecule has 0 saturated carbocycles. The molecule has 162 valence electrons. The van der Waals surface area contributed by atoms with E-state index in [1.807, 2.05) is 30.3 Å². The van der Waals surface area contributed by atoms with Gasteiger partial charge in [-0.2, -0.15) is 5.26 Å². The third kappa shape index (κ3) is 5.98. The van der Waals surface area contributed by atoms with Crippen molar-refractivity contribution < 1.29 is 19.8 Å². The Kier molecular flexibility index (Phi) is 7.65. The lowest BCUT2D eigenvalue weighted by atomic mass is 9.96. The third-order valence-electron chi connectivity index (χ3n) is 4.69. The Bertz CT molecular complexity index is 1120. The van der Waals surface area contributed by atoms with E-state index in [0.717, 1.165) is 11.1 Å². The Hall–Kier alpha value is -4.06. The van der Waals surface area contributed by atoms with Crippen LogP contribution in [0.2, 0.25) is 0 Å². The van der Waals surface area contributed by atoms with Crippen LogP contribution in [-0.4, -0.2) is 39.7 Å². The third-order valence-corrected chi connectivity index (χ3v) is 4.69. The molecular formula is C24H22N4O4. The number of aliphatic carboxylic acids is 1. The number of carboxylic acids is 1. The molecule has 0 aliphatic rings. The van der Waals surface area contributed by atoms with Gasteiger partial charge in [0.1, 0.15) is 11.9 Å². The molecule has 8 heteroatoms. The molecule has 0 unspecified atom stereocenters. The fraction of sp³-hybridized carbons (Fsp3) is 0.167. The molecule has 8 nitrogen and oxygen atoms in total. The Morgan fingerprint density at radius 1 is 1.06 bits per heavy atom. The van der Waals surface area contributed by atoms with E-state index in [0.29, 0.717) is 17.9 Å². The average Bonchev–Trinajstić information content (AvgIpc) is 2.79. The molecule has 0 radical (unpaired) electrons. The number of rotatable bonds is 9. The molecule has 1 amide bonds. The number of nitrogens with zero attached hydrogens (tertiary/aromatic N) is 2. The number of hydrogen-bond acceptors (Lipinski definition) is 6. The van der Waals surface area contributed by atoms with Crippen molar-refractivity contribution in [1.82, 2.24) is 10.3 Å². The van der Waals surface area contributed by atoms with Crippen LogP contribution >= 0.6 is 0 Å². The van der Waals surface area contributed by atoms with E-state index in [4.69, 9.17) is 5.11 Å². The number of pyridine rings is 1. The minimum absolute atomic E-state index is 0.138. The van der Waals surface area contributed by atoms with Crippen molar-refractivity contribution in [1.29, 1.82) is 5.26 Å². The summed E-state index contributed by atoms with van der Waals surface area (Å²) in [5.74, 6) is -1.16. The van der Waals surface area contributed by atoms with Gasteiger partial charge in [0.2, 0.25) is 0 Å². The molecule has 0 fully saturated rings. The first kappa shape index (κ1) is 22.6. The molecule has 3 rings (SSSR count). The second-order valence-electron chi connectivity index (χ2n) is 7.09. The number of benzene rings is 2. The molecule has 1 atom stereocenters. The number of carbonyl (C=O) groups is 2. The summed E-state index contributed by atoms with van der Waals surface area (Å²) in [4.78, 5) is 27.6. The summed E-state index contributed by atoms with van der Waals surface area (Å²) >= 11 is 0. The van der Waals surface area contributed by atoms with E-state index >= 15 is 0 Å². The number of anilines is 1. The van der Waals surface area contributed by atoms with Gasteiger partial charge in [-0.3, -0.25) is 9.59 Å². The Morgan fingerprint density at radius 2 is 1.84 bits per heavy atom. The van der Waals surface area contributed by atoms with Gasteiger partial charge >= 0.3 is 5.97 Å². The topological polar surface area (TPSA) is 135 Å². The van der Waals surface area contributed by atoms with Gasteiger partial charge in [0.25, 0.3) is 5.91 Å². The molecule has 0 aliphatic heterocycles. The van der Waals surface area contributed by atoms with E-state index < -0.39 is 18.0 Å². The normalized spacial score (nSPS) is 11.4. The molecule has 32 heavy (non-hydrogen) atoms. The van der Waals surface area contributed by atoms with E-state index in [-0.39, 0.29) is 24.1 Å². The summed E-state index contributed by atoms with van der Waals surface area (Å²) in [5.41, 5.74) is 2.88. The number of aromatic nitrogens is 1. The lowest BCUT2D eigenvalue weighted by molar-refractivity contribution is -0.139. The van der Waals surface area contributed by atoms with Crippen LogP contribution in [0.15, 0.2) is 66.9 Å². The van der Waals surface area contributed by atoms with Crippen LogP contribution in [-0.2, 0) is 11.3 Å². The second-order valence-corrected chi connectivity index (χ2v) is 7.09. The molecular weight excluding hydrogens is 408 g/mol. The lowest BCUT2D eigenvalue weighted by Gasteiger charge is -2.11. The van der Waals surface area contributed by atoms with Crippen molar-refractivity contribution in [3.05, 3.63) is 83.6 Å². The number of aliphatic hydroxyl groups is 1. The smallest absolute Gasteiger partial charge is 0.306 e. The average molecular weight is 430 g/mol. The molecule has 0 spiro atoms. The highest BCUT2D eigenvalue weighted by atomic mass is 16.4. The fourth-order valence-corrected chi connectivity index (χ4v) is 3.16. The zero-order chi connectivity index (χ0) is 22.9. The molecule has 1 aromatic heterocycles. The number of hydrogen-bond donors (Lipinski definition) is 4. The quantitative estimate of drug-likeness (QED) is 0.410. The molecule has 1 heterocycles. The summed E-state index contributed by atoms with van der Waals surface area (Å²) < 4.78 is 0. The number of carboxylic acid groups (broad SMARTS) is 1. The van der Waals surface area contributed by atoms with Crippen LogP contribution in [0.1, 0.15) is 27.9 Å². The van der Waals surface area contributed by atoms with Crippen LogP contribution in [0.25, 0.3) is 11.1 Å². The van der Waals surface area contributed by atoms with Crippen molar-refractivity contribution in [2.24, 2.45) is 0 Å². The number of amides is 1. The van der Waals surface area contributed by atoms with Crippen LogP contribution in [0, 0.1) is 11.3 Å². The van der Waals surface area contributed by atoms with Crippen LogP contribution in [0.5, 0.6) is 0 Å². The van der Waals surface area contributed by atoms with Crippen LogP contribution in [0.3, 0.4) is 0 Å². The molecule has 0 bridgehead atoms. The first-order chi connectivity index (χ1) is 15.5. The predicted octanol–water partition coefficient (Wildman–Crippen LogP) is 2.80. The lowest BCUT2D eigenvalue weighted by Crippen LogP contribution is -2.28. The summed E-state index contributed by atoms with van der Waals surface area (Å²) in [6, 6.07) is 20.1. The molecule has 0 aliphatic carbocycles. The second kappa shape index (κ2) is 10.8. The van der Waals surface area contributed by atoms with Crippen molar-refractivity contribution in [2.75, 3.05) is 11.9 Å². The van der Waals surface area contributed by atoms with E-state index in [9.17, 15) is 20.0 Å². The van der Waals surface area contributed by atoms with Gasteiger partial charge in [-0.25, -0.2) is 4.98 Å². The minimum atomic E-state index is -1.06. The zero-order valence-corrected chi connectivity index (χ0v) is 17.2. The first-order valence-corrected chi connectivity index (χ1v) is 9.93. The van der Waals surface area contributed by atoms with E-state index in [1.165, 1.54) is 0 Å². The first-order valence-electron chi connectivity index (χ1n) is 9.93. The van der Waals surface area contributed by atoms with Gasteiger partial charge < -0.3 is 20.8 Å². The van der Waals surface area contributed by atoms with Gasteiger partial charge in [0, 0.05) is 24.8 Å². The maximum absolute atomic E-state index is 12.8. The summed E-state index contributed by atoms with van der Waals surface area (Å²) in [7, 11) is 0. The number of carbonyl (C=O) groups excluding carboxylic acids is 1. The van der Waals surface area contributed by atoms with Gasteiger partial charge in [0.15, 0.2) is 0 Å². The number of aliphatic hydroxyl groups excluding tert-OH is 1. The Labute approximate surface area is 185 Å². The van der Waals surface area contributed by atoms with Crippen molar-refractivity contribution in [2.45, 2.75) is 19.1 Å². The zero-order valence-electron chi connectivity index (χ0n) is 17.2. The number of nitrogens with one attached hydrogen (secondary N) is 2. The molecule has 0 saturated heterocycles. The van der Waals surface area contributed by atoms with Crippen LogP contribution in [0.4, 0.5) is 5.82 Å².